The van der Waals surface area contributed by atoms with Crippen LogP contribution < -0.4 is 5.32 Å². The van der Waals surface area contributed by atoms with E-state index in [4.69, 9.17) is 0 Å². The number of hydrogen-bond donors (Lipinski definition) is 4. The third-order valence-corrected chi connectivity index (χ3v) is 6.49. The van der Waals surface area contributed by atoms with Crippen molar-refractivity contribution in [3.05, 3.63) is 72.5 Å². The Labute approximate surface area is 244 Å². The number of carbonyl (C=O) groups is 2. The van der Waals surface area contributed by atoms with Crippen molar-refractivity contribution in [1.82, 2.24) is 15.1 Å². The van der Waals surface area contributed by atoms with Gasteiger partial charge in [0, 0.05) is 43.4 Å². The molecule has 39 heavy (non-hydrogen) atoms. The maximum absolute atomic E-state index is 12.6. The van der Waals surface area contributed by atoms with Gasteiger partial charge in [0.05, 0.1) is 6.54 Å². The van der Waals surface area contributed by atoms with Gasteiger partial charge < -0.3 is 25.3 Å². The first-order chi connectivity index (χ1) is 18.8. The van der Waals surface area contributed by atoms with Crippen LogP contribution in [-0.4, -0.2) is 87.3 Å². The van der Waals surface area contributed by atoms with Crippen LogP contribution in [0.4, 0.5) is 0 Å². The molecule has 8 nitrogen and oxygen atoms in total. The number of aliphatic hydroxyl groups excluding tert-OH is 2. The Kier molecular flexibility index (Phi) is 19.9. The number of benzene rings is 1. The average Bonchev–Trinajstić information content (AvgIpc) is 3.40. The minimum absolute atomic E-state index is 0.302. The van der Waals surface area contributed by atoms with Crippen molar-refractivity contribution in [2.24, 2.45) is 4.99 Å². The van der Waals surface area contributed by atoms with Crippen molar-refractivity contribution in [3.8, 4) is 0 Å². The molecule has 0 bridgehead atoms. The maximum atomic E-state index is 12.6. The predicted octanol–water partition coefficient (Wildman–Crippen LogP) is 3.67. The van der Waals surface area contributed by atoms with Crippen LogP contribution in [0.3, 0.4) is 0 Å². The number of amides is 2. The molecule has 0 aliphatic carbocycles. The Balaban J connectivity index is 0.00000344. The molecule has 2 rings (SSSR count). The molecule has 1 heterocycles. The summed E-state index contributed by atoms with van der Waals surface area (Å²) in [5.74, 6) is 0.806. The van der Waals surface area contributed by atoms with E-state index in [0.29, 0.717) is 38.5 Å². The third-order valence-electron chi connectivity index (χ3n) is 5.52. The molecule has 0 radical (unpaired) electrons. The van der Waals surface area contributed by atoms with E-state index in [-0.39, 0.29) is 0 Å². The number of fused-ring (bicyclic) bond motifs is 1. The van der Waals surface area contributed by atoms with E-state index in [1.807, 2.05) is 69.0 Å². The lowest BCUT2D eigenvalue weighted by Gasteiger charge is -2.24. The second kappa shape index (κ2) is 21.3. The highest BCUT2D eigenvalue weighted by atomic mass is 32.2. The van der Waals surface area contributed by atoms with E-state index in [1.165, 1.54) is 4.90 Å². The minimum Gasteiger partial charge on any atom is -0.380 e. The number of nitrogens with one attached hydrogen (secondary N) is 1. The summed E-state index contributed by atoms with van der Waals surface area (Å²) in [6.07, 6.45) is 3.65. The van der Waals surface area contributed by atoms with Crippen molar-refractivity contribution in [1.29, 1.82) is 0 Å². The van der Waals surface area contributed by atoms with Crippen LogP contribution in [0.25, 0.3) is 0 Å². The van der Waals surface area contributed by atoms with Crippen LogP contribution in [0, 0.1) is 0 Å². The van der Waals surface area contributed by atoms with Gasteiger partial charge in [-0.1, -0.05) is 56.8 Å². The van der Waals surface area contributed by atoms with Crippen molar-refractivity contribution in [2.75, 3.05) is 37.4 Å². The standard InChI is InChI=1S/C26H36N4O4S.C2H6.CH4S/c1-5-9-19(3)30(20(4)27-12-6-2)14-16-35-15-13-28-25(33)23(31)24(32)26(34)29-17-21-10-7-8-11-22(21)18-29;2*1-2/h5-11,23-24,31-32H,2-3,12-18H2,1,4H3,(H,28,33);1-2H3;2H,1H3/b9-5-,27-20?;;/t23-,24-;;/m1../s1. The Morgan fingerprint density at radius 2 is 1.77 bits per heavy atom. The second-order valence-electron chi connectivity index (χ2n) is 8.08. The van der Waals surface area contributed by atoms with E-state index in [9.17, 15) is 19.8 Å². The molecule has 1 aromatic rings. The molecule has 1 aromatic carbocycles. The topological polar surface area (TPSA) is 105 Å². The second-order valence-corrected chi connectivity index (χ2v) is 9.30. The van der Waals surface area contributed by atoms with Gasteiger partial charge >= 0.3 is 0 Å². The SMILES string of the molecule is C=CCN=C(C)N(CCSCCNC(=O)[C@H](O)[C@@H](O)C(=O)N1Cc2ccccc2C1)C(=C)/C=C\C.CC.CS. The summed E-state index contributed by atoms with van der Waals surface area (Å²) < 4.78 is 0. The van der Waals surface area contributed by atoms with Gasteiger partial charge in [-0.3, -0.25) is 14.6 Å². The average molecular weight is 579 g/mol. The van der Waals surface area contributed by atoms with Crippen LogP contribution in [0.5, 0.6) is 0 Å². The molecule has 218 valence electrons. The number of nitrogens with zero attached hydrogens (tertiary/aromatic N) is 3. The number of carbonyl (C=O) groups excluding carboxylic acids is 2. The summed E-state index contributed by atoms with van der Waals surface area (Å²) in [6.45, 7) is 17.9. The van der Waals surface area contributed by atoms with Crippen LogP contribution in [0.15, 0.2) is 66.3 Å². The quantitative estimate of drug-likeness (QED) is 0.0711. The van der Waals surface area contributed by atoms with Crippen LogP contribution >= 0.6 is 24.4 Å². The highest BCUT2D eigenvalue weighted by Gasteiger charge is 2.35. The summed E-state index contributed by atoms with van der Waals surface area (Å²) >= 11 is 5.15. The molecule has 2 atom stereocenters. The fourth-order valence-corrected chi connectivity index (χ4v) is 4.40. The summed E-state index contributed by atoms with van der Waals surface area (Å²) in [6, 6.07) is 7.61. The first-order valence-corrected chi connectivity index (χ1v) is 15.1. The summed E-state index contributed by atoms with van der Waals surface area (Å²) in [4.78, 5) is 32.7. The van der Waals surface area contributed by atoms with Gasteiger partial charge in [0.25, 0.3) is 11.8 Å². The van der Waals surface area contributed by atoms with Gasteiger partial charge in [-0.05, 0) is 37.3 Å². The Hall–Kier alpha value is -2.53. The number of aliphatic imine (C=N–C) groups is 1. The molecule has 10 heteroatoms. The van der Waals surface area contributed by atoms with Crippen molar-refractivity contribution in [2.45, 2.75) is 53.0 Å². The molecule has 1 aliphatic rings. The molecular formula is C29H46N4O4S2. The third kappa shape index (κ3) is 12.5. The van der Waals surface area contributed by atoms with E-state index in [2.05, 4.69) is 36.1 Å². The molecule has 0 unspecified atom stereocenters. The number of thiol groups is 1. The number of amidine groups is 1. The number of thioether (sulfide) groups is 1. The number of aliphatic hydroxyl groups is 2. The van der Waals surface area contributed by atoms with E-state index in [1.54, 1.807) is 24.1 Å². The van der Waals surface area contributed by atoms with Gasteiger partial charge in [0.15, 0.2) is 12.2 Å². The van der Waals surface area contributed by atoms with Crippen LogP contribution in [-0.2, 0) is 22.7 Å². The zero-order chi connectivity index (χ0) is 29.8. The largest absolute Gasteiger partial charge is 0.380 e. The highest BCUT2D eigenvalue weighted by molar-refractivity contribution is 7.99. The maximum Gasteiger partial charge on any atom is 0.255 e. The van der Waals surface area contributed by atoms with Crippen molar-refractivity contribution < 1.29 is 19.8 Å². The van der Waals surface area contributed by atoms with Crippen molar-refractivity contribution >= 4 is 42.0 Å². The Morgan fingerprint density at radius 3 is 2.31 bits per heavy atom. The first kappa shape index (κ1) is 36.5. The van der Waals surface area contributed by atoms with Gasteiger partial charge in [0.1, 0.15) is 5.84 Å². The zero-order valence-electron chi connectivity index (χ0n) is 24.0. The van der Waals surface area contributed by atoms with Gasteiger partial charge in [-0.2, -0.15) is 24.4 Å². The van der Waals surface area contributed by atoms with Gasteiger partial charge in [0.2, 0.25) is 0 Å². The molecule has 0 saturated carbocycles. The summed E-state index contributed by atoms with van der Waals surface area (Å²) in [5.41, 5.74) is 2.84. The lowest BCUT2D eigenvalue weighted by molar-refractivity contribution is -0.153. The molecule has 1 aliphatic heterocycles. The molecule has 0 saturated heterocycles. The molecule has 0 fully saturated rings. The van der Waals surface area contributed by atoms with Crippen LogP contribution in [0.2, 0.25) is 0 Å². The monoisotopic (exact) mass is 578 g/mol. The van der Waals surface area contributed by atoms with Crippen LogP contribution in [0.1, 0.15) is 38.8 Å². The Morgan fingerprint density at radius 1 is 1.18 bits per heavy atom. The lowest BCUT2D eigenvalue weighted by atomic mass is 10.1. The van der Waals surface area contributed by atoms with E-state index >= 15 is 0 Å². The number of rotatable bonds is 13. The first-order valence-electron chi connectivity index (χ1n) is 13.0. The predicted molar refractivity (Wildman–Crippen MR) is 168 cm³/mol. The summed E-state index contributed by atoms with van der Waals surface area (Å²) in [5, 5.41) is 23.0. The number of allylic oxidation sites excluding steroid dienone is 2. The Bertz CT molecular complexity index is 943. The zero-order valence-corrected chi connectivity index (χ0v) is 25.7. The van der Waals surface area contributed by atoms with Gasteiger partial charge in [-0.15, -0.1) is 6.58 Å². The fraction of sp³-hybridized carbons (Fsp3) is 0.483. The fourth-order valence-electron chi connectivity index (χ4n) is 3.64. The molecule has 3 N–H and O–H groups in total. The summed E-state index contributed by atoms with van der Waals surface area (Å²) in [7, 11) is 0. The van der Waals surface area contributed by atoms with E-state index in [0.717, 1.165) is 28.4 Å². The lowest BCUT2D eigenvalue weighted by Crippen LogP contribution is -2.50. The molecular weight excluding hydrogens is 532 g/mol. The van der Waals surface area contributed by atoms with E-state index < -0.39 is 24.0 Å². The van der Waals surface area contributed by atoms with Gasteiger partial charge in [-0.25, -0.2) is 0 Å². The number of hydrogen-bond acceptors (Lipinski definition) is 7. The smallest absolute Gasteiger partial charge is 0.255 e. The highest BCUT2D eigenvalue weighted by Crippen LogP contribution is 2.23. The molecule has 0 aromatic heterocycles. The minimum atomic E-state index is -1.82. The molecule has 0 spiro atoms. The normalized spacial score (nSPS) is 13.7. The molecule has 2 amide bonds. The van der Waals surface area contributed by atoms with Crippen molar-refractivity contribution in [3.63, 3.8) is 0 Å².